The van der Waals surface area contributed by atoms with Crippen LogP contribution in [0.15, 0.2) is 18.6 Å². The van der Waals surface area contributed by atoms with Gasteiger partial charge in [0.2, 0.25) is 0 Å². The molecule has 108 valence electrons. The van der Waals surface area contributed by atoms with Gasteiger partial charge in [-0.05, 0) is 13.3 Å². The Balaban J connectivity index is 1.94. The first kappa shape index (κ1) is 14.6. The standard InChI is InChI=1S/C13H18ClN5O/c1-10-15-5-8-19(10)7-4-6-18(2)12-11(14)9-16-13(17-12)20-3/h5,8-9H,4,6-7H2,1-3H3. The number of aromatic nitrogens is 4. The van der Waals surface area contributed by atoms with Crippen LogP contribution >= 0.6 is 11.6 Å². The van der Waals surface area contributed by atoms with Gasteiger partial charge in [0.15, 0.2) is 5.82 Å². The normalized spacial score (nSPS) is 10.6. The maximum Gasteiger partial charge on any atom is 0.318 e. The van der Waals surface area contributed by atoms with Gasteiger partial charge in [-0.25, -0.2) is 9.97 Å². The van der Waals surface area contributed by atoms with Crippen LogP contribution < -0.4 is 9.64 Å². The molecular formula is C13H18ClN5O. The topological polar surface area (TPSA) is 56.1 Å². The predicted molar refractivity (Wildman–Crippen MR) is 78.4 cm³/mol. The third-order valence-corrected chi connectivity index (χ3v) is 3.33. The van der Waals surface area contributed by atoms with Crippen molar-refractivity contribution in [3.05, 3.63) is 29.4 Å². The van der Waals surface area contributed by atoms with Gasteiger partial charge >= 0.3 is 6.01 Å². The van der Waals surface area contributed by atoms with E-state index in [1.807, 2.05) is 31.3 Å². The molecule has 0 N–H and O–H groups in total. The van der Waals surface area contributed by atoms with Crippen LogP contribution in [0.1, 0.15) is 12.2 Å². The third-order valence-electron chi connectivity index (χ3n) is 3.06. The van der Waals surface area contributed by atoms with E-state index in [1.165, 1.54) is 7.11 Å². The third kappa shape index (κ3) is 3.39. The minimum Gasteiger partial charge on any atom is -0.467 e. The summed E-state index contributed by atoms with van der Waals surface area (Å²) in [6.07, 6.45) is 6.32. The average molecular weight is 296 g/mol. The summed E-state index contributed by atoms with van der Waals surface area (Å²) in [5.41, 5.74) is 0. The van der Waals surface area contributed by atoms with Crippen molar-refractivity contribution < 1.29 is 4.74 Å². The van der Waals surface area contributed by atoms with Crippen molar-refractivity contribution in [3.63, 3.8) is 0 Å². The molecule has 0 bridgehead atoms. The number of hydrogen-bond acceptors (Lipinski definition) is 5. The highest BCUT2D eigenvalue weighted by Gasteiger charge is 2.10. The molecule has 2 aromatic heterocycles. The fourth-order valence-electron chi connectivity index (χ4n) is 1.93. The fourth-order valence-corrected chi connectivity index (χ4v) is 2.17. The van der Waals surface area contributed by atoms with E-state index in [4.69, 9.17) is 16.3 Å². The van der Waals surface area contributed by atoms with Crippen LogP contribution in [0.25, 0.3) is 0 Å². The highest BCUT2D eigenvalue weighted by Crippen LogP contribution is 2.23. The fraction of sp³-hybridized carbons (Fsp3) is 0.462. The molecule has 0 saturated heterocycles. The van der Waals surface area contributed by atoms with E-state index in [0.717, 1.165) is 25.3 Å². The number of rotatable bonds is 6. The van der Waals surface area contributed by atoms with E-state index >= 15 is 0 Å². The van der Waals surface area contributed by atoms with Crippen molar-refractivity contribution in [2.24, 2.45) is 0 Å². The Labute approximate surface area is 123 Å². The molecule has 0 aliphatic heterocycles. The number of halogens is 1. The maximum absolute atomic E-state index is 6.11. The molecule has 0 fully saturated rings. The summed E-state index contributed by atoms with van der Waals surface area (Å²) in [6, 6.07) is 0.321. The van der Waals surface area contributed by atoms with Crippen LogP contribution in [0.3, 0.4) is 0 Å². The summed E-state index contributed by atoms with van der Waals surface area (Å²) < 4.78 is 7.14. The Morgan fingerprint density at radius 2 is 2.20 bits per heavy atom. The molecule has 0 spiro atoms. The zero-order valence-corrected chi connectivity index (χ0v) is 12.6. The zero-order chi connectivity index (χ0) is 14.5. The number of hydrogen-bond donors (Lipinski definition) is 0. The van der Waals surface area contributed by atoms with Gasteiger partial charge in [0.05, 0.1) is 13.3 Å². The highest BCUT2D eigenvalue weighted by atomic mass is 35.5. The van der Waals surface area contributed by atoms with Gasteiger partial charge in [0.25, 0.3) is 0 Å². The van der Waals surface area contributed by atoms with Crippen molar-refractivity contribution in [1.29, 1.82) is 0 Å². The molecule has 0 aliphatic carbocycles. The van der Waals surface area contributed by atoms with Crippen molar-refractivity contribution in [3.8, 4) is 6.01 Å². The summed E-state index contributed by atoms with van der Waals surface area (Å²) in [4.78, 5) is 14.4. The van der Waals surface area contributed by atoms with E-state index in [9.17, 15) is 0 Å². The molecule has 0 unspecified atom stereocenters. The van der Waals surface area contributed by atoms with Gasteiger partial charge in [0, 0.05) is 32.5 Å². The Kier molecular flexibility index (Phi) is 4.79. The van der Waals surface area contributed by atoms with Gasteiger partial charge in [-0.1, -0.05) is 11.6 Å². The largest absolute Gasteiger partial charge is 0.467 e. The quantitative estimate of drug-likeness (QED) is 0.817. The Morgan fingerprint density at radius 1 is 1.40 bits per heavy atom. The van der Waals surface area contributed by atoms with Crippen molar-refractivity contribution >= 4 is 17.4 Å². The van der Waals surface area contributed by atoms with Crippen LogP contribution in [0.2, 0.25) is 5.02 Å². The Hall–Kier alpha value is -1.82. The van der Waals surface area contributed by atoms with E-state index in [0.29, 0.717) is 16.9 Å². The first-order chi connectivity index (χ1) is 9.61. The van der Waals surface area contributed by atoms with Gasteiger partial charge < -0.3 is 14.2 Å². The first-order valence-electron chi connectivity index (χ1n) is 6.37. The number of ether oxygens (including phenoxy) is 1. The molecule has 0 saturated carbocycles. The van der Waals surface area contributed by atoms with Crippen LogP contribution in [0.4, 0.5) is 5.82 Å². The molecule has 2 rings (SSSR count). The lowest BCUT2D eigenvalue weighted by molar-refractivity contribution is 0.380. The second-order valence-corrected chi connectivity index (χ2v) is 4.88. The molecule has 0 aromatic carbocycles. The van der Waals surface area contributed by atoms with Crippen molar-refractivity contribution in [2.75, 3.05) is 25.6 Å². The summed E-state index contributed by atoms with van der Waals surface area (Å²) in [7, 11) is 3.49. The SMILES string of the molecule is COc1ncc(Cl)c(N(C)CCCn2ccnc2C)n1. The highest BCUT2D eigenvalue weighted by molar-refractivity contribution is 6.32. The second kappa shape index (κ2) is 6.56. The van der Waals surface area contributed by atoms with Crippen LogP contribution in [0, 0.1) is 6.92 Å². The number of anilines is 1. The zero-order valence-electron chi connectivity index (χ0n) is 11.9. The van der Waals surface area contributed by atoms with E-state index in [2.05, 4.69) is 19.5 Å². The van der Waals surface area contributed by atoms with E-state index in [-0.39, 0.29) is 0 Å². The molecule has 0 aliphatic rings. The van der Waals surface area contributed by atoms with Crippen LogP contribution in [-0.4, -0.2) is 40.2 Å². The predicted octanol–water partition coefficient (Wildman–Crippen LogP) is 2.17. The molecule has 6 nitrogen and oxygen atoms in total. The minimum absolute atomic E-state index is 0.321. The molecule has 2 aromatic rings. The number of imidazole rings is 1. The molecule has 7 heteroatoms. The number of methoxy groups -OCH3 is 1. The Bertz CT molecular complexity index is 572. The Morgan fingerprint density at radius 3 is 2.85 bits per heavy atom. The molecular weight excluding hydrogens is 278 g/mol. The summed E-state index contributed by atoms with van der Waals surface area (Å²) >= 11 is 6.11. The minimum atomic E-state index is 0.321. The maximum atomic E-state index is 6.11. The number of nitrogens with zero attached hydrogens (tertiary/aromatic N) is 5. The number of aryl methyl sites for hydroxylation is 2. The van der Waals surface area contributed by atoms with Gasteiger partial charge in [-0.3, -0.25) is 0 Å². The van der Waals surface area contributed by atoms with Crippen molar-refractivity contribution in [2.45, 2.75) is 19.9 Å². The summed E-state index contributed by atoms with van der Waals surface area (Å²) in [5, 5.41) is 0.520. The van der Waals surface area contributed by atoms with Crippen LogP contribution in [0.5, 0.6) is 6.01 Å². The van der Waals surface area contributed by atoms with Crippen molar-refractivity contribution in [1.82, 2.24) is 19.5 Å². The lowest BCUT2D eigenvalue weighted by Gasteiger charge is -2.19. The molecule has 0 radical (unpaired) electrons. The smallest absolute Gasteiger partial charge is 0.318 e. The summed E-state index contributed by atoms with van der Waals surface area (Å²) in [5.74, 6) is 1.70. The lowest BCUT2D eigenvalue weighted by atomic mass is 10.3. The van der Waals surface area contributed by atoms with Crippen LogP contribution in [-0.2, 0) is 6.54 Å². The molecule has 2 heterocycles. The van der Waals surface area contributed by atoms with E-state index < -0.39 is 0 Å². The second-order valence-electron chi connectivity index (χ2n) is 4.47. The lowest BCUT2D eigenvalue weighted by Crippen LogP contribution is -2.21. The average Bonchev–Trinajstić information content (AvgIpc) is 2.85. The van der Waals surface area contributed by atoms with Gasteiger partial charge in [-0.2, -0.15) is 4.98 Å². The van der Waals surface area contributed by atoms with Gasteiger partial charge in [0.1, 0.15) is 10.8 Å². The van der Waals surface area contributed by atoms with E-state index in [1.54, 1.807) is 6.20 Å². The molecule has 0 atom stereocenters. The monoisotopic (exact) mass is 295 g/mol. The summed E-state index contributed by atoms with van der Waals surface area (Å²) in [6.45, 7) is 3.74. The molecule has 0 amide bonds. The molecule has 20 heavy (non-hydrogen) atoms. The van der Waals surface area contributed by atoms with Gasteiger partial charge in [-0.15, -0.1) is 0 Å². The first-order valence-corrected chi connectivity index (χ1v) is 6.75.